The lowest BCUT2D eigenvalue weighted by atomic mass is 10.1. The number of carbonyl (C=O) groups is 2. The summed E-state index contributed by atoms with van der Waals surface area (Å²) in [5.41, 5.74) is 0.757. The number of carbonyl (C=O) groups excluding carboxylic acids is 2. The SMILES string of the molecule is CC(C)NC(=O)[C@@H](C)N(Cc1ccc(Cl)cc1Cl)C(=O)CN(c1cccc(Cl)c1)S(=O)(=O)c1ccccc1. The van der Waals surface area contributed by atoms with Crippen LogP contribution in [0.15, 0.2) is 77.7 Å². The van der Waals surface area contributed by atoms with Gasteiger partial charge in [-0.3, -0.25) is 13.9 Å². The van der Waals surface area contributed by atoms with Crippen molar-refractivity contribution in [2.45, 2.75) is 44.3 Å². The minimum atomic E-state index is -4.17. The monoisotopic (exact) mass is 595 g/mol. The zero-order chi connectivity index (χ0) is 28.0. The molecule has 0 aromatic heterocycles. The number of hydrogen-bond donors (Lipinski definition) is 1. The number of nitrogens with zero attached hydrogens (tertiary/aromatic N) is 2. The van der Waals surface area contributed by atoms with Gasteiger partial charge in [0.15, 0.2) is 0 Å². The fourth-order valence-electron chi connectivity index (χ4n) is 3.70. The summed E-state index contributed by atoms with van der Waals surface area (Å²) in [6.45, 7) is 4.56. The van der Waals surface area contributed by atoms with Crippen molar-refractivity contribution >= 4 is 62.3 Å². The van der Waals surface area contributed by atoms with Crippen LogP contribution in [0.2, 0.25) is 15.1 Å². The molecule has 0 aliphatic heterocycles. The smallest absolute Gasteiger partial charge is 0.264 e. The van der Waals surface area contributed by atoms with Crippen LogP contribution in [0.4, 0.5) is 5.69 Å². The summed E-state index contributed by atoms with van der Waals surface area (Å²) >= 11 is 18.6. The lowest BCUT2D eigenvalue weighted by Crippen LogP contribution is -2.52. The molecule has 11 heteroatoms. The Kier molecular flexibility index (Phi) is 10.1. The molecule has 202 valence electrons. The molecule has 3 rings (SSSR count). The molecule has 0 aliphatic carbocycles. The van der Waals surface area contributed by atoms with Crippen molar-refractivity contribution in [2.75, 3.05) is 10.8 Å². The molecular weight excluding hydrogens is 569 g/mol. The van der Waals surface area contributed by atoms with Crippen molar-refractivity contribution in [3.05, 3.63) is 93.4 Å². The van der Waals surface area contributed by atoms with Crippen LogP contribution in [0.5, 0.6) is 0 Å². The second-order valence-electron chi connectivity index (χ2n) is 8.90. The number of hydrogen-bond acceptors (Lipinski definition) is 4. The predicted octanol–water partition coefficient (Wildman–Crippen LogP) is 5.78. The maximum Gasteiger partial charge on any atom is 0.264 e. The number of halogens is 3. The first kappa shape index (κ1) is 29.8. The molecule has 3 aromatic rings. The van der Waals surface area contributed by atoms with Gasteiger partial charge in [-0.05, 0) is 68.8 Å². The Hall–Kier alpha value is -2.78. The quantitative estimate of drug-likeness (QED) is 0.321. The van der Waals surface area contributed by atoms with Gasteiger partial charge in [0.05, 0.1) is 10.6 Å². The van der Waals surface area contributed by atoms with Crippen molar-refractivity contribution in [2.24, 2.45) is 0 Å². The molecule has 7 nitrogen and oxygen atoms in total. The predicted molar refractivity (Wildman–Crippen MR) is 152 cm³/mol. The molecule has 0 bridgehead atoms. The van der Waals surface area contributed by atoms with Gasteiger partial charge in [0.25, 0.3) is 10.0 Å². The van der Waals surface area contributed by atoms with Gasteiger partial charge in [0.1, 0.15) is 12.6 Å². The molecule has 0 unspecified atom stereocenters. The van der Waals surface area contributed by atoms with E-state index in [9.17, 15) is 18.0 Å². The molecule has 0 aliphatic rings. The highest BCUT2D eigenvalue weighted by molar-refractivity contribution is 7.92. The van der Waals surface area contributed by atoms with Crippen LogP contribution in [-0.2, 0) is 26.2 Å². The fourth-order valence-corrected chi connectivity index (χ4v) is 5.78. The minimum Gasteiger partial charge on any atom is -0.352 e. The molecule has 38 heavy (non-hydrogen) atoms. The molecule has 0 heterocycles. The van der Waals surface area contributed by atoms with E-state index in [2.05, 4.69) is 5.32 Å². The van der Waals surface area contributed by atoms with Gasteiger partial charge in [-0.25, -0.2) is 8.42 Å². The highest BCUT2D eigenvalue weighted by Gasteiger charge is 2.33. The molecule has 3 aromatic carbocycles. The Bertz CT molecular complexity index is 1400. The number of benzene rings is 3. The van der Waals surface area contributed by atoms with Gasteiger partial charge in [-0.1, -0.05) is 65.1 Å². The van der Waals surface area contributed by atoms with Crippen LogP contribution in [0.3, 0.4) is 0 Å². The number of anilines is 1. The first-order chi connectivity index (χ1) is 17.9. The van der Waals surface area contributed by atoms with Gasteiger partial charge >= 0.3 is 0 Å². The van der Waals surface area contributed by atoms with Gasteiger partial charge in [-0.15, -0.1) is 0 Å². The summed E-state index contributed by atoms with van der Waals surface area (Å²) in [5, 5.41) is 3.84. The van der Waals surface area contributed by atoms with E-state index in [0.29, 0.717) is 20.6 Å². The molecule has 1 N–H and O–H groups in total. The summed E-state index contributed by atoms with van der Waals surface area (Å²) in [5.74, 6) is -0.999. The topological polar surface area (TPSA) is 86.8 Å². The van der Waals surface area contributed by atoms with Crippen molar-refractivity contribution < 1.29 is 18.0 Å². The Morgan fingerprint density at radius 2 is 1.53 bits per heavy atom. The second kappa shape index (κ2) is 12.8. The number of nitrogens with one attached hydrogen (secondary N) is 1. The maximum absolute atomic E-state index is 13.8. The van der Waals surface area contributed by atoms with Crippen LogP contribution in [0.25, 0.3) is 0 Å². The van der Waals surface area contributed by atoms with E-state index in [1.165, 1.54) is 29.2 Å². The van der Waals surface area contributed by atoms with Gasteiger partial charge < -0.3 is 10.2 Å². The fraction of sp³-hybridized carbons (Fsp3) is 0.259. The summed E-state index contributed by atoms with van der Waals surface area (Å²) in [6, 6.07) is 17.7. The van der Waals surface area contributed by atoms with Crippen LogP contribution < -0.4 is 9.62 Å². The molecule has 1 atom stereocenters. The summed E-state index contributed by atoms with van der Waals surface area (Å²) in [4.78, 5) is 28.1. The van der Waals surface area contributed by atoms with E-state index < -0.39 is 34.4 Å². The zero-order valence-electron chi connectivity index (χ0n) is 21.1. The Morgan fingerprint density at radius 3 is 2.13 bits per heavy atom. The Labute approximate surface area is 238 Å². The summed E-state index contributed by atoms with van der Waals surface area (Å²) in [6.07, 6.45) is 0. The molecule has 0 spiro atoms. The van der Waals surface area contributed by atoms with Crippen molar-refractivity contribution in [3.63, 3.8) is 0 Å². The molecule has 0 fully saturated rings. The van der Waals surface area contributed by atoms with E-state index in [4.69, 9.17) is 34.8 Å². The van der Waals surface area contributed by atoms with E-state index >= 15 is 0 Å². The van der Waals surface area contributed by atoms with Gasteiger partial charge in [-0.2, -0.15) is 0 Å². The normalized spacial score (nSPS) is 12.2. The van der Waals surface area contributed by atoms with E-state index in [0.717, 1.165) is 4.31 Å². The first-order valence-corrected chi connectivity index (χ1v) is 14.3. The number of rotatable bonds is 10. The molecule has 0 radical (unpaired) electrons. The zero-order valence-corrected chi connectivity index (χ0v) is 24.2. The summed E-state index contributed by atoms with van der Waals surface area (Å²) < 4.78 is 28.4. The third-order valence-corrected chi connectivity index (χ3v) is 8.27. The number of sulfonamides is 1. The van der Waals surface area contributed by atoms with E-state index in [-0.39, 0.29) is 23.2 Å². The van der Waals surface area contributed by atoms with E-state index in [1.54, 1.807) is 69.3 Å². The standard InChI is InChI=1S/C27H28Cl3N3O4S/c1-18(2)31-27(35)19(3)32(16-20-12-13-22(29)15-25(20)30)26(34)17-33(23-9-7-8-21(28)14-23)38(36,37)24-10-5-4-6-11-24/h4-15,18-19H,16-17H2,1-3H3,(H,31,35)/t19-/m1/s1. The van der Waals surface area contributed by atoms with E-state index in [1.807, 2.05) is 0 Å². The van der Waals surface area contributed by atoms with Gasteiger partial charge in [0, 0.05) is 27.7 Å². The average Bonchev–Trinajstić information content (AvgIpc) is 2.86. The summed E-state index contributed by atoms with van der Waals surface area (Å²) in [7, 11) is -4.17. The minimum absolute atomic E-state index is 0.00525. The molecular formula is C27H28Cl3N3O4S. The third-order valence-electron chi connectivity index (χ3n) is 5.66. The van der Waals surface area contributed by atoms with Gasteiger partial charge in [0.2, 0.25) is 11.8 Å². The van der Waals surface area contributed by atoms with Crippen molar-refractivity contribution in [1.82, 2.24) is 10.2 Å². The molecule has 2 amide bonds. The lowest BCUT2D eigenvalue weighted by molar-refractivity contribution is -0.139. The van der Waals surface area contributed by atoms with Crippen molar-refractivity contribution in [3.8, 4) is 0 Å². The first-order valence-electron chi connectivity index (χ1n) is 11.8. The Morgan fingerprint density at radius 1 is 0.868 bits per heavy atom. The largest absolute Gasteiger partial charge is 0.352 e. The third kappa shape index (κ3) is 7.41. The second-order valence-corrected chi connectivity index (χ2v) is 12.0. The molecule has 0 saturated heterocycles. The highest BCUT2D eigenvalue weighted by atomic mass is 35.5. The van der Waals surface area contributed by atoms with Crippen LogP contribution >= 0.6 is 34.8 Å². The number of amides is 2. The average molecular weight is 597 g/mol. The Balaban J connectivity index is 2.04. The van der Waals surface area contributed by atoms with Crippen molar-refractivity contribution in [1.29, 1.82) is 0 Å². The van der Waals surface area contributed by atoms with Crippen LogP contribution in [0, 0.1) is 0 Å². The molecule has 0 saturated carbocycles. The maximum atomic E-state index is 13.8. The van der Waals surface area contributed by atoms with Crippen LogP contribution in [-0.4, -0.2) is 43.8 Å². The highest BCUT2D eigenvalue weighted by Crippen LogP contribution is 2.28. The lowest BCUT2D eigenvalue weighted by Gasteiger charge is -2.32. The van der Waals surface area contributed by atoms with Crippen LogP contribution in [0.1, 0.15) is 26.3 Å².